The third kappa shape index (κ3) is 2.32. The molecule has 2 aromatic heterocycles. The summed E-state index contributed by atoms with van der Waals surface area (Å²) in [6.07, 6.45) is 0. The van der Waals surface area contributed by atoms with E-state index < -0.39 is 0 Å². The first-order valence-corrected chi connectivity index (χ1v) is 6.38. The van der Waals surface area contributed by atoms with Gasteiger partial charge in [-0.25, -0.2) is 4.98 Å². The van der Waals surface area contributed by atoms with Crippen LogP contribution in [0.3, 0.4) is 0 Å². The molecule has 19 heavy (non-hydrogen) atoms. The van der Waals surface area contributed by atoms with Gasteiger partial charge in [-0.2, -0.15) is 0 Å². The lowest BCUT2D eigenvalue weighted by Crippen LogP contribution is -2.01. The molecule has 0 unspecified atom stereocenters. The maximum absolute atomic E-state index is 5.86. The Bertz CT molecular complexity index is 716. The van der Waals surface area contributed by atoms with Crippen LogP contribution in [0.4, 0.5) is 5.82 Å². The highest BCUT2D eigenvalue weighted by atomic mass is 16.3. The Morgan fingerprint density at radius 1 is 1.05 bits per heavy atom. The van der Waals surface area contributed by atoms with Crippen LogP contribution in [0.25, 0.3) is 11.0 Å². The fourth-order valence-corrected chi connectivity index (χ4v) is 2.21. The number of furan rings is 1. The molecule has 0 spiro atoms. The number of aromatic nitrogens is 1. The SMILES string of the molecule is Cc1cccc(NCc2oc3ccccc3c2C)n1. The molecule has 0 saturated carbocycles. The number of rotatable bonds is 3. The van der Waals surface area contributed by atoms with Crippen molar-refractivity contribution in [3.63, 3.8) is 0 Å². The highest BCUT2D eigenvalue weighted by Crippen LogP contribution is 2.25. The third-order valence-corrected chi connectivity index (χ3v) is 3.26. The van der Waals surface area contributed by atoms with Crippen molar-refractivity contribution in [3.8, 4) is 0 Å². The van der Waals surface area contributed by atoms with E-state index >= 15 is 0 Å². The first kappa shape index (κ1) is 11.8. The molecular formula is C16H16N2O. The molecule has 0 aliphatic heterocycles. The number of nitrogens with zero attached hydrogens (tertiary/aromatic N) is 1. The second-order valence-electron chi connectivity index (χ2n) is 4.66. The van der Waals surface area contributed by atoms with Crippen LogP contribution in [0.1, 0.15) is 17.0 Å². The maximum Gasteiger partial charge on any atom is 0.134 e. The Labute approximate surface area is 112 Å². The van der Waals surface area contributed by atoms with Crippen molar-refractivity contribution in [2.75, 3.05) is 5.32 Å². The number of benzene rings is 1. The van der Waals surface area contributed by atoms with Gasteiger partial charge in [0.15, 0.2) is 0 Å². The summed E-state index contributed by atoms with van der Waals surface area (Å²) >= 11 is 0. The molecule has 0 fully saturated rings. The lowest BCUT2D eigenvalue weighted by atomic mass is 10.1. The van der Waals surface area contributed by atoms with Crippen LogP contribution in [-0.4, -0.2) is 4.98 Å². The molecular weight excluding hydrogens is 236 g/mol. The molecule has 0 aliphatic rings. The Morgan fingerprint density at radius 2 is 1.89 bits per heavy atom. The second-order valence-corrected chi connectivity index (χ2v) is 4.66. The van der Waals surface area contributed by atoms with E-state index in [2.05, 4.69) is 23.3 Å². The monoisotopic (exact) mass is 252 g/mol. The molecule has 1 N–H and O–H groups in total. The molecule has 0 aliphatic carbocycles. The Balaban J connectivity index is 1.84. The van der Waals surface area contributed by atoms with Gasteiger partial charge in [-0.05, 0) is 32.0 Å². The van der Waals surface area contributed by atoms with E-state index in [4.69, 9.17) is 4.42 Å². The zero-order chi connectivity index (χ0) is 13.2. The van der Waals surface area contributed by atoms with E-state index in [0.717, 1.165) is 22.9 Å². The summed E-state index contributed by atoms with van der Waals surface area (Å²) in [5.74, 6) is 1.84. The van der Waals surface area contributed by atoms with E-state index in [1.54, 1.807) is 0 Å². The van der Waals surface area contributed by atoms with E-state index in [0.29, 0.717) is 6.54 Å². The van der Waals surface area contributed by atoms with Crippen molar-refractivity contribution in [1.29, 1.82) is 0 Å². The molecule has 3 rings (SSSR count). The fourth-order valence-electron chi connectivity index (χ4n) is 2.21. The number of fused-ring (bicyclic) bond motifs is 1. The summed E-state index contributed by atoms with van der Waals surface area (Å²) in [6, 6.07) is 14.0. The largest absolute Gasteiger partial charge is 0.459 e. The Hall–Kier alpha value is -2.29. The van der Waals surface area contributed by atoms with E-state index in [1.807, 2.05) is 43.3 Å². The van der Waals surface area contributed by atoms with Crippen molar-refractivity contribution in [2.24, 2.45) is 0 Å². The van der Waals surface area contributed by atoms with Gasteiger partial charge in [0.2, 0.25) is 0 Å². The molecule has 0 amide bonds. The molecule has 3 aromatic rings. The summed E-state index contributed by atoms with van der Waals surface area (Å²) in [7, 11) is 0. The second kappa shape index (κ2) is 4.76. The molecule has 0 saturated heterocycles. The van der Waals surface area contributed by atoms with Gasteiger partial charge >= 0.3 is 0 Å². The minimum Gasteiger partial charge on any atom is -0.459 e. The smallest absolute Gasteiger partial charge is 0.134 e. The number of pyridine rings is 1. The zero-order valence-electron chi connectivity index (χ0n) is 11.1. The fraction of sp³-hybridized carbons (Fsp3) is 0.188. The normalized spacial score (nSPS) is 10.8. The minimum atomic E-state index is 0.650. The first-order valence-electron chi connectivity index (χ1n) is 6.38. The van der Waals surface area contributed by atoms with Gasteiger partial charge in [-0.1, -0.05) is 24.3 Å². The molecule has 2 heterocycles. The molecule has 3 heteroatoms. The quantitative estimate of drug-likeness (QED) is 0.764. The van der Waals surface area contributed by atoms with Crippen LogP contribution < -0.4 is 5.32 Å². The van der Waals surface area contributed by atoms with Crippen LogP contribution in [0, 0.1) is 13.8 Å². The highest BCUT2D eigenvalue weighted by molar-refractivity contribution is 5.81. The molecule has 3 nitrogen and oxygen atoms in total. The summed E-state index contributed by atoms with van der Waals surface area (Å²) in [5.41, 5.74) is 3.14. The van der Waals surface area contributed by atoms with Gasteiger partial charge in [0.1, 0.15) is 17.2 Å². The van der Waals surface area contributed by atoms with Gasteiger partial charge < -0.3 is 9.73 Å². The highest BCUT2D eigenvalue weighted by Gasteiger charge is 2.09. The van der Waals surface area contributed by atoms with Crippen LogP contribution in [0.5, 0.6) is 0 Å². The summed E-state index contributed by atoms with van der Waals surface area (Å²) in [4.78, 5) is 4.42. The van der Waals surface area contributed by atoms with E-state index in [-0.39, 0.29) is 0 Å². The zero-order valence-corrected chi connectivity index (χ0v) is 11.1. The third-order valence-electron chi connectivity index (χ3n) is 3.26. The predicted molar refractivity (Wildman–Crippen MR) is 77.3 cm³/mol. The summed E-state index contributed by atoms with van der Waals surface area (Å²) in [6.45, 7) is 4.72. The minimum absolute atomic E-state index is 0.650. The van der Waals surface area contributed by atoms with Crippen molar-refractivity contribution in [1.82, 2.24) is 4.98 Å². The number of aryl methyl sites for hydroxylation is 2. The standard InChI is InChI=1S/C16H16N2O/c1-11-6-5-9-16(18-11)17-10-15-12(2)13-7-3-4-8-14(13)19-15/h3-9H,10H2,1-2H3,(H,17,18). The van der Waals surface area contributed by atoms with Gasteiger partial charge in [0, 0.05) is 16.6 Å². The molecule has 0 bridgehead atoms. The number of nitrogens with one attached hydrogen (secondary N) is 1. The van der Waals surface area contributed by atoms with Crippen LogP contribution in [0.15, 0.2) is 46.9 Å². The molecule has 0 atom stereocenters. The van der Waals surface area contributed by atoms with Crippen LogP contribution >= 0.6 is 0 Å². The molecule has 0 radical (unpaired) electrons. The van der Waals surface area contributed by atoms with Crippen molar-refractivity contribution >= 4 is 16.8 Å². The van der Waals surface area contributed by atoms with Crippen LogP contribution in [0.2, 0.25) is 0 Å². The van der Waals surface area contributed by atoms with Crippen molar-refractivity contribution in [3.05, 3.63) is 59.5 Å². The number of hydrogen-bond donors (Lipinski definition) is 1. The van der Waals surface area contributed by atoms with E-state index in [9.17, 15) is 0 Å². The predicted octanol–water partition coefficient (Wildman–Crippen LogP) is 4.06. The summed E-state index contributed by atoms with van der Waals surface area (Å²) in [5, 5.41) is 4.48. The van der Waals surface area contributed by atoms with Crippen molar-refractivity contribution in [2.45, 2.75) is 20.4 Å². The maximum atomic E-state index is 5.86. The first-order chi connectivity index (χ1) is 9.24. The lowest BCUT2D eigenvalue weighted by molar-refractivity contribution is 0.555. The van der Waals surface area contributed by atoms with E-state index in [1.165, 1.54) is 10.9 Å². The number of hydrogen-bond acceptors (Lipinski definition) is 3. The average molecular weight is 252 g/mol. The lowest BCUT2D eigenvalue weighted by Gasteiger charge is -2.04. The number of anilines is 1. The Kier molecular flexibility index (Phi) is 2.95. The average Bonchev–Trinajstić information content (AvgIpc) is 2.74. The summed E-state index contributed by atoms with van der Waals surface area (Å²) < 4.78 is 5.86. The van der Waals surface area contributed by atoms with Crippen molar-refractivity contribution < 1.29 is 4.42 Å². The Morgan fingerprint density at radius 3 is 2.68 bits per heavy atom. The molecule has 1 aromatic carbocycles. The van der Waals surface area contributed by atoms with Crippen LogP contribution in [-0.2, 0) is 6.54 Å². The van der Waals surface area contributed by atoms with Gasteiger partial charge in [-0.3, -0.25) is 0 Å². The topological polar surface area (TPSA) is 38.1 Å². The van der Waals surface area contributed by atoms with Gasteiger partial charge in [0.25, 0.3) is 0 Å². The van der Waals surface area contributed by atoms with Gasteiger partial charge in [-0.15, -0.1) is 0 Å². The molecule has 96 valence electrons. The van der Waals surface area contributed by atoms with Gasteiger partial charge in [0.05, 0.1) is 6.54 Å². The number of para-hydroxylation sites is 1.